The van der Waals surface area contributed by atoms with Crippen LogP contribution in [0.2, 0.25) is 0 Å². The second-order valence-electron chi connectivity index (χ2n) is 1.90. The minimum atomic E-state index is 0. The second kappa shape index (κ2) is 3.27. The molecule has 0 fully saturated rings. The van der Waals surface area contributed by atoms with E-state index in [-0.39, 0.29) is 18.2 Å². The van der Waals surface area contributed by atoms with Gasteiger partial charge >= 0.3 is 0 Å². The van der Waals surface area contributed by atoms with Crippen LogP contribution >= 0.6 is 12.4 Å². The van der Waals surface area contributed by atoms with Crippen molar-refractivity contribution in [2.45, 2.75) is 6.92 Å². The molecule has 0 aromatic carbocycles. The second-order valence-corrected chi connectivity index (χ2v) is 1.90. The lowest BCUT2D eigenvalue weighted by Gasteiger charge is -2.03. The van der Waals surface area contributed by atoms with Crippen LogP contribution in [0.15, 0.2) is 18.3 Å². The van der Waals surface area contributed by atoms with Gasteiger partial charge in [-0.3, -0.25) is 5.73 Å². The molecule has 0 aliphatic carbocycles. The molecule has 56 valence electrons. The van der Waals surface area contributed by atoms with Gasteiger partial charge in [-0.25, -0.2) is 4.73 Å². The summed E-state index contributed by atoms with van der Waals surface area (Å²) in [4.78, 5) is 0. The lowest BCUT2D eigenvalue weighted by Crippen LogP contribution is -2.30. The molecule has 0 aliphatic rings. The molecule has 1 aromatic rings. The van der Waals surface area contributed by atoms with Gasteiger partial charge in [0.1, 0.15) is 0 Å². The molecule has 0 spiro atoms. The van der Waals surface area contributed by atoms with Gasteiger partial charge < -0.3 is 5.21 Å². The van der Waals surface area contributed by atoms with Gasteiger partial charge in [0.15, 0.2) is 0 Å². The van der Waals surface area contributed by atoms with Crippen molar-refractivity contribution in [1.29, 1.82) is 0 Å². The summed E-state index contributed by atoms with van der Waals surface area (Å²) >= 11 is 0. The number of aryl methyl sites for hydroxylation is 1. The van der Waals surface area contributed by atoms with Crippen LogP contribution in [0.25, 0.3) is 0 Å². The number of rotatable bonds is 0. The fourth-order valence-electron chi connectivity index (χ4n) is 0.605. The van der Waals surface area contributed by atoms with E-state index in [1.165, 1.54) is 6.20 Å². The van der Waals surface area contributed by atoms with Crippen molar-refractivity contribution in [3.05, 3.63) is 29.1 Å². The van der Waals surface area contributed by atoms with Gasteiger partial charge in [0.2, 0.25) is 0 Å². The van der Waals surface area contributed by atoms with Gasteiger partial charge in [-0.2, -0.15) is 0 Å². The summed E-state index contributed by atoms with van der Waals surface area (Å²) in [5.41, 5.74) is 6.14. The van der Waals surface area contributed by atoms with Crippen LogP contribution in [0.4, 0.5) is 5.82 Å². The Bertz CT molecular complexity index is 207. The summed E-state index contributed by atoms with van der Waals surface area (Å²) in [6, 6.07) is 3.46. The van der Waals surface area contributed by atoms with Crippen LogP contribution in [0.1, 0.15) is 5.56 Å². The van der Waals surface area contributed by atoms with Gasteiger partial charge in [0.25, 0.3) is 5.82 Å². The molecule has 0 aliphatic heterocycles. The van der Waals surface area contributed by atoms with Gasteiger partial charge in [0, 0.05) is 5.56 Å². The highest BCUT2D eigenvalue weighted by Crippen LogP contribution is 2.00. The molecule has 2 N–H and O–H groups in total. The standard InChI is InChI=1S/C6H8N2O.ClH/c1-5-3-2-4-8(9)6(5)7;/h2-4H,7H2,1H3;1H. The number of nitrogens with zero attached hydrogens (tertiary/aromatic N) is 1. The molecule has 1 heterocycles. The van der Waals surface area contributed by atoms with Crippen molar-refractivity contribution in [3.63, 3.8) is 0 Å². The maximum absolute atomic E-state index is 10.6. The molecule has 0 atom stereocenters. The number of nitrogen functional groups attached to an aromatic ring is 1. The van der Waals surface area contributed by atoms with Gasteiger partial charge in [-0.1, -0.05) is 0 Å². The predicted octanol–water partition coefficient (Wildman–Crippen LogP) is 0.632. The highest BCUT2D eigenvalue weighted by Gasteiger charge is 1.97. The third kappa shape index (κ3) is 1.51. The Morgan fingerprint density at radius 3 is 2.60 bits per heavy atom. The summed E-state index contributed by atoms with van der Waals surface area (Å²) in [7, 11) is 0. The highest BCUT2D eigenvalue weighted by molar-refractivity contribution is 5.85. The Morgan fingerprint density at radius 1 is 1.60 bits per heavy atom. The first-order valence-electron chi connectivity index (χ1n) is 2.66. The summed E-state index contributed by atoms with van der Waals surface area (Å²) < 4.78 is 0.648. The van der Waals surface area contributed by atoms with E-state index in [1.807, 2.05) is 0 Å². The fraction of sp³-hybridized carbons (Fsp3) is 0.167. The minimum absolute atomic E-state index is 0. The van der Waals surface area contributed by atoms with E-state index in [2.05, 4.69) is 0 Å². The van der Waals surface area contributed by atoms with Crippen molar-refractivity contribution >= 4 is 18.2 Å². The smallest absolute Gasteiger partial charge is 0.278 e. The van der Waals surface area contributed by atoms with Gasteiger partial charge in [-0.05, 0) is 19.1 Å². The van der Waals surface area contributed by atoms with E-state index in [4.69, 9.17) is 5.73 Å². The van der Waals surface area contributed by atoms with Crippen molar-refractivity contribution in [2.75, 3.05) is 5.73 Å². The number of nitrogens with two attached hydrogens (primary N) is 1. The van der Waals surface area contributed by atoms with Gasteiger partial charge in [-0.15, -0.1) is 12.4 Å². The van der Waals surface area contributed by atoms with Crippen LogP contribution in [-0.2, 0) is 0 Å². The largest absolute Gasteiger partial charge is 0.711 e. The summed E-state index contributed by atoms with van der Waals surface area (Å²) in [6.45, 7) is 1.80. The molecule has 3 nitrogen and oxygen atoms in total. The highest BCUT2D eigenvalue weighted by atomic mass is 35.5. The molecule has 0 bridgehead atoms. The lowest BCUT2D eigenvalue weighted by atomic mass is 10.3. The van der Waals surface area contributed by atoms with Crippen LogP contribution in [-0.4, -0.2) is 0 Å². The van der Waals surface area contributed by atoms with E-state index in [1.54, 1.807) is 19.1 Å². The molecule has 4 heteroatoms. The fourth-order valence-corrected chi connectivity index (χ4v) is 0.605. The third-order valence-electron chi connectivity index (χ3n) is 1.21. The monoisotopic (exact) mass is 160 g/mol. The van der Waals surface area contributed by atoms with Crippen molar-refractivity contribution in [3.8, 4) is 0 Å². The Balaban J connectivity index is 0.000000810. The van der Waals surface area contributed by atoms with E-state index in [9.17, 15) is 5.21 Å². The van der Waals surface area contributed by atoms with Crippen LogP contribution in [0.3, 0.4) is 0 Å². The van der Waals surface area contributed by atoms with Crippen molar-refractivity contribution in [1.82, 2.24) is 0 Å². The Labute approximate surface area is 65.5 Å². The Kier molecular flexibility index (Phi) is 2.96. The zero-order valence-electron chi connectivity index (χ0n) is 5.57. The molecule has 1 aromatic heterocycles. The predicted molar refractivity (Wildman–Crippen MR) is 41.8 cm³/mol. The number of hydrogen-bond acceptors (Lipinski definition) is 2. The van der Waals surface area contributed by atoms with E-state index < -0.39 is 0 Å². The number of halogens is 1. The summed E-state index contributed by atoms with van der Waals surface area (Å²) in [6.07, 6.45) is 1.38. The molecule has 0 unspecified atom stereocenters. The van der Waals surface area contributed by atoms with Gasteiger partial charge in [0.05, 0.1) is 6.20 Å². The zero-order valence-corrected chi connectivity index (χ0v) is 6.39. The molecule has 0 radical (unpaired) electrons. The lowest BCUT2D eigenvalue weighted by molar-refractivity contribution is -0.590. The quantitative estimate of drug-likeness (QED) is 0.447. The molecule has 0 amide bonds. The maximum atomic E-state index is 10.6. The molecule has 1 rings (SSSR count). The normalized spacial score (nSPS) is 8.50. The molecular formula is C6H9ClN2O. The van der Waals surface area contributed by atoms with Crippen molar-refractivity contribution in [2.24, 2.45) is 0 Å². The number of hydrogen-bond donors (Lipinski definition) is 1. The maximum Gasteiger partial charge on any atom is 0.278 e. The van der Waals surface area contributed by atoms with Crippen LogP contribution in [0, 0.1) is 12.1 Å². The molecule has 10 heavy (non-hydrogen) atoms. The Hall–Kier alpha value is -0.960. The first-order valence-corrected chi connectivity index (χ1v) is 2.66. The SMILES string of the molecule is Cc1ccc[n+]([O-])c1N.Cl. The number of aromatic nitrogens is 1. The minimum Gasteiger partial charge on any atom is -0.711 e. The topological polar surface area (TPSA) is 53.0 Å². The Morgan fingerprint density at radius 2 is 2.20 bits per heavy atom. The van der Waals surface area contributed by atoms with E-state index in [0.717, 1.165) is 5.56 Å². The first-order chi connectivity index (χ1) is 4.22. The van der Waals surface area contributed by atoms with Crippen LogP contribution < -0.4 is 10.5 Å². The van der Waals surface area contributed by atoms with E-state index >= 15 is 0 Å². The number of anilines is 1. The molecule has 0 saturated carbocycles. The third-order valence-corrected chi connectivity index (χ3v) is 1.21. The first kappa shape index (κ1) is 9.04. The van der Waals surface area contributed by atoms with Crippen molar-refractivity contribution < 1.29 is 4.73 Å². The number of pyridine rings is 1. The zero-order chi connectivity index (χ0) is 6.85. The average Bonchev–Trinajstić information content (AvgIpc) is 1.83. The molecular weight excluding hydrogens is 152 g/mol. The summed E-state index contributed by atoms with van der Waals surface area (Å²) in [5.74, 6) is 0.275. The summed E-state index contributed by atoms with van der Waals surface area (Å²) in [5, 5.41) is 10.6. The van der Waals surface area contributed by atoms with E-state index in [0.29, 0.717) is 4.73 Å². The molecule has 0 saturated heterocycles. The average molecular weight is 161 g/mol. The van der Waals surface area contributed by atoms with Crippen LogP contribution in [0.5, 0.6) is 0 Å².